The molecule has 1 saturated heterocycles. The summed E-state index contributed by atoms with van der Waals surface area (Å²) in [7, 11) is 1.69. The van der Waals surface area contributed by atoms with E-state index in [1.807, 2.05) is 18.3 Å². The van der Waals surface area contributed by atoms with E-state index >= 15 is 0 Å². The highest BCUT2D eigenvalue weighted by atomic mass is 16.5. The number of anilines is 3. The van der Waals surface area contributed by atoms with Crippen LogP contribution in [0, 0.1) is 0 Å². The standard InChI is InChI=1S/C25H31N5O2/c1-18(2)23-22(32-3)10-5-19-17-26-25(28-24(19)23)27-20-6-8-21(9-7-20)30-14-12-29(13-15-30)11-4-16-31/h5-10,16-18H,4,11-15H2,1-3H3,(H,26,27,28). The summed E-state index contributed by atoms with van der Waals surface area (Å²) in [4.78, 5) is 24.6. The number of aromatic nitrogens is 2. The van der Waals surface area contributed by atoms with Crippen LogP contribution >= 0.6 is 0 Å². The third kappa shape index (κ3) is 4.83. The van der Waals surface area contributed by atoms with Gasteiger partial charge in [-0.25, -0.2) is 9.97 Å². The number of carbonyl (C=O) groups excluding carboxylic acids is 1. The van der Waals surface area contributed by atoms with Crippen molar-refractivity contribution >= 4 is 34.5 Å². The number of ether oxygens (including phenoxy) is 1. The first-order valence-electron chi connectivity index (χ1n) is 11.2. The van der Waals surface area contributed by atoms with E-state index < -0.39 is 0 Å². The van der Waals surface area contributed by atoms with Crippen molar-refractivity contribution in [2.24, 2.45) is 0 Å². The van der Waals surface area contributed by atoms with Gasteiger partial charge in [0.1, 0.15) is 12.0 Å². The number of aldehydes is 1. The molecule has 1 aliphatic heterocycles. The van der Waals surface area contributed by atoms with Crippen molar-refractivity contribution in [3.05, 3.63) is 48.2 Å². The molecule has 0 unspecified atom stereocenters. The molecule has 3 aromatic rings. The molecule has 1 aromatic heterocycles. The van der Waals surface area contributed by atoms with Gasteiger partial charge < -0.3 is 19.7 Å². The van der Waals surface area contributed by atoms with Crippen LogP contribution in [0.4, 0.5) is 17.3 Å². The van der Waals surface area contributed by atoms with Gasteiger partial charge in [-0.15, -0.1) is 0 Å². The topological polar surface area (TPSA) is 70.6 Å². The first-order chi connectivity index (χ1) is 15.6. The summed E-state index contributed by atoms with van der Waals surface area (Å²) in [5.41, 5.74) is 4.17. The smallest absolute Gasteiger partial charge is 0.227 e. The molecule has 1 N–H and O–H groups in total. The molecule has 0 atom stereocenters. The van der Waals surface area contributed by atoms with Crippen molar-refractivity contribution in [3.63, 3.8) is 0 Å². The number of benzene rings is 2. The Morgan fingerprint density at radius 3 is 2.50 bits per heavy atom. The van der Waals surface area contributed by atoms with Crippen LogP contribution in [0.1, 0.15) is 31.7 Å². The fourth-order valence-electron chi connectivity index (χ4n) is 4.25. The molecule has 1 fully saturated rings. The van der Waals surface area contributed by atoms with E-state index in [1.54, 1.807) is 7.11 Å². The lowest BCUT2D eigenvalue weighted by atomic mass is 9.99. The Bertz CT molecular complexity index is 1060. The van der Waals surface area contributed by atoms with E-state index in [9.17, 15) is 4.79 Å². The number of fused-ring (bicyclic) bond motifs is 1. The summed E-state index contributed by atoms with van der Waals surface area (Å²) in [6.45, 7) is 9.07. The van der Waals surface area contributed by atoms with Crippen molar-refractivity contribution in [2.45, 2.75) is 26.2 Å². The molecule has 2 heterocycles. The maximum absolute atomic E-state index is 10.6. The number of hydrogen-bond acceptors (Lipinski definition) is 7. The molecule has 7 nitrogen and oxygen atoms in total. The summed E-state index contributed by atoms with van der Waals surface area (Å²) < 4.78 is 5.57. The van der Waals surface area contributed by atoms with Crippen LogP contribution in [0.3, 0.4) is 0 Å². The highest BCUT2D eigenvalue weighted by molar-refractivity contribution is 5.85. The highest BCUT2D eigenvalue weighted by Crippen LogP contribution is 2.33. The SMILES string of the molecule is COc1ccc2cnc(Nc3ccc(N4CCN(CCC=O)CC4)cc3)nc2c1C(C)C. The average Bonchev–Trinajstić information content (AvgIpc) is 2.82. The molecule has 2 aromatic carbocycles. The van der Waals surface area contributed by atoms with Gasteiger partial charge in [0.2, 0.25) is 5.95 Å². The van der Waals surface area contributed by atoms with E-state index in [0.29, 0.717) is 12.4 Å². The molecule has 0 aliphatic carbocycles. The average molecular weight is 434 g/mol. The third-order valence-corrected chi connectivity index (χ3v) is 5.97. The quantitative estimate of drug-likeness (QED) is 0.534. The van der Waals surface area contributed by atoms with E-state index in [-0.39, 0.29) is 5.92 Å². The minimum Gasteiger partial charge on any atom is -0.496 e. The predicted octanol–water partition coefficient (Wildman–Crippen LogP) is 4.22. The second-order valence-corrected chi connectivity index (χ2v) is 8.42. The molecule has 0 amide bonds. The first kappa shape index (κ1) is 22.0. The number of methoxy groups -OCH3 is 1. The third-order valence-electron chi connectivity index (χ3n) is 5.97. The Morgan fingerprint density at radius 1 is 1.09 bits per heavy atom. The minimum atomic E-state index is 0.287. The number of nitrogens with zero attached hydrogens (tertiary/aromatic N) is 4. The van der Waals surface area contributed by atoms with Crippen molar-refractivity contribution in [1.29, 1.82) is 0 Å². The molecule has 168 valence electrons. The Labute approximate surface area is 189 Å². The van der Waals surface area contributed by atoms with Gasteiger partial charge in [-0.2, -0.15) is 0 Å². The lowest BCUT2D eigenvalue weighted by Crippen LogP contribution is -2.46. The summed E-state index contributed by atoms with van der Waals surface area (Å²) in [5, 5.41) is 4.34. The summed E-state index contributed by atoms with van der Waals surface area (Å²) >= 11 is 0. The van der Waals surface area contributed by atoms with Gasteiger partial charge in [0.25, 0.3) is 0 Å². The Balaban J connectivity index is 1.47. The fourth-order valence-corrected chi connectivity index (χ4v) is 4.25. The van der Waals surface area contributed by atoms with Crippen molar-refractivity contribution in [2.75, 3.05) is 50.1 Å². The lowest BCUT2D eigenvalue weighted by molar-refractivity contribution is -0.108. The minimum absolute atomic E-state index is 0.287. The number of hydrogen-bond donors (Lipinski definition) is 1. The largest absolute Gasteiger partial charge is 0.496 e. The zero-order chi connectivity index (χ0) is 22.5. The molecule has 0 radical (unpaired) electrons. The van der Waals surface area contributed by atoms with E-state index in [4.69, 9.17) is 9.72 Å². The Hall–Kier alpha value is -3.19. The molecule has 1 aliphatic rings. The van der Waals surface area contributed by atoms with Gasteiger partial charge in [-0.3, -0.25) is 4.90 Å². The Kier molecular flexibility index (Phi) is 6.85. The Morgan fingerprint density at radius 2 is 1.84 bits per heavy atom. The number of nitrogens with one attached hydrogen (secondary N) is 1. The van der Waals surface area contributed by atoms with Gasteiger partial charge in [-0.05, 0) is 42.3 Å². The van der Waals surface area contributed by atoms with Crippen LogP contribution in [-0.2, 0) is 4.79 Å². The maximum Gasteiger partial charge on any atom is 0.227 e. The number of carbonyl (C=O) groups is 1. The predicted molar refractivity (Wildman–Crippen MR) is 129 cm³/mol. The van der Waals surface area contributed by atoms with Gasteiger partial charge in [0, 0.05) is 67.7 Å². The molecule has 32 heavy (non-hydrogen) atoms. The molecule has 0 saturated carbocycles. The van der Waals surface area contributed by atoms with Crippen molar-refractivity contribution < 1.29 is 9.53 Å². The van der Waals surface area contributed by atoms with Crippen LogP contribution in [0.15, 0.2) is 42.6 Å². The zero-order valence-corrected chi connectivity index (χ0v) is 19.0. The van der Waals surface area contributed by atoms with E-state index in [1.165, 1.54) is 5.69 Å². The summed E-state index contributed by atoms with van der Waals surface area (Å²) in [5.74, 6) is 1.71. The van der Waals surface area contributed by atoms with Crippen LogP contribution in [0.25, 0.3) is 10.9 Å². The number of piperazine rings is 1. The monoisotopic (exact) mass is 433 g/mol. The molecular formula is C25H31N5O2. The van der Waals surface area contributed by atoms with E-state index in [0.717, 1.165) is 66.9 Å². The van der Waals surface area contributed by atoms with E-state index in [2.05, 4.69) is 58.2 Å². The van der Waals surface area contributed by atoms with Gasteiger partial charge in [-0.1, -0.05) is 13.8 Å². The molecule has 0 spiro atoms. The molecular weight excluding hydrogens is 402 g/mol. The lowest BCUT2D eigenvalue weighted by Gasteiger charge is -2.35. The highest BCUT2D eigenvalue weighted by Gasteiger charge is 2.17. The zero-order valence-electron chi connectivity index (χ0n) is 19.0. The van der Waals surface area contributed by atoms with Crippen LogP contribution < -0.4 is 15.0 Å². The fraction of sp³-hybridized carbons (Fsp3) is 0.400. The summed E-state index contributed by atoms with van der Waals surface area (Å²) in [6.07, 6.45) is 3.47. The molecule has 0 bridgehead atoms. The normalized spacial score (nSPS) is 14.7. The number of rotatable bonds is 8. The van der Waals surface area contributed by atoms with Crippen molar-refractivity contribution in [1.82, 2.24) is 14.9 Å². The summed E-state index contributed by atoms with van der Waals surface area (Å²) in [6, 6.07) is 12.4. The maximum atomic E-state index is 10.6. The molecule has 7 heteroatoms. The first-order valence-corrected chi connectivity index (χ1v) is 11.2. The van der Waals surface area contributed by atoms with Crippen LogP contribution in [-0.4, -0.2) is 61.0 Å². The van der Waals surface area contributed by atoms with Gasteiger partial charge in [0.05, 0.1) is 12.6 Å². The van der Waals surface area contributed by atoms with Crippen LogP contribution in [0.5, 0.6) is 5.75 Å². The van der Waals surface area contributed by atoms with Gasteiger partial charge >= 0.3 is 0 Å². The second kappa shape index (κ2) is 9.96. The van der Waals surface area contributed by atoms with Gasteiger partial charge in [0.15, 0.2) is 0 Å². The van der Waals surface area contributed by atoms with Crippen LogP contribution in [0.2, 0.25) is 0 Å². The van der Waals surface area contributed by atoms with Crippen molar-refractivity contribution in [3.8, 4) is 5.75 Å². The molecule has 4 rings (SSSR count). The second-order valence-electron chi connectivity index (χ2n) is 8.42.